The summed E-state index contributed by atoms with van der Waals surface area (Å²) in [4.78, 5) is 18.2. The van der Waals surface area contributed by atoms with Crippen LogP contribution in [0.15, 0.2) is 18.3 Å². The third-order valence-electron chi connectivity index (χ3n) is 4.50. The van der Waals surface area contributed by atoms with E-state index in [4.69, 9.17) is 16.3 Å². The molecular formula is C15H19ClN2O3. The maximum atomic E-state index is 11.6. The van der Waals surface area contributed by atoms with Crippen LogP contribution in [0.25, 0.3) is 0 Å². The number of carbonyl (C=O) groups is 1. The maximum absolute atomic E-state index is 11.6. The SMILES string of the molecule is O=C(O)[C@@H]1CN(C2CCOCC2)C[C@H]1c1ccc(Cl)cn1. The van der Waals surface area contributed by atoms with Crippen molar-refractivity contribution in [1.82, 2.24) is 9.88 Å². The van der Waals surface area contributed by atoms with Crippen molar-refractivity contribution < 1.29 is 14.6 Å². The number of carboxylic acids is 1. The van der Waals surface area contributed by atoms with Gasteiger partial charge in [0.2, 0.25) is 0 Å². The third kappa shape index (κ3) is 3.20. The number of likely N-dealkylation sites (tertiary alicyclic amines) is 1. The zero-order valence-corrected chi connectivity index (χ0v) is 12.5. The molecule has 5 nitrogen and oxygen atoms in total. The monoisotopic (exact) mass is 310 g/mol. The van der Waals surface area contributed by atoms with Gasteiger partial charge in [-0.15, -0.1) is 0 Å². The average molecular weight is 311 g/mol. The minimum absolute atomic E-state index is 0.0670. The highest BCUT2D eigenvalue weighted by Crippen LogP contribution is 2.34. The molecular weight excluding hydrogens is 292 g/mol. The van der Waals surface area contributed by atoms with E-state index in [1.54, 1.807) is 12.3 Å². The lowest BCUT2D eigenvalue weighted by atomic mass is 9.93. The fraction of sp³-hybridized carbons (Fsp3) is 0.600. The molecule has 0 aromatic carbocycles. The molecule has 2 fully saturated rings. The van der Waals surface area contributed by atoms with Crippen LogP contribution in [0.4, 0.5) is 0 Å². The van der Waals surface area contributed by atoms with Crippen molar-refractivity contribution in [1.29, 1.82) is 0 Å². The highest BCUT2D eigenvalue weighted by Gasteiger charge is 2.41. The fourth-order valence-corrected chi connectivity index (χ4v) is 3.45. The molecule has 2 aliphatic rings. The molecule has 3 rings (SSSR count). The standard InChI is InChI=1S/C15H19ClN2O3/c16-10-1-2-14(17-7-10)12-8-18(9-13(12)15(19)20)11-3-5-21-6-4-11/h1-2,7,11-13H,3-6,8-9H2,(H,19,20)/t12-,13-/m1/s1. The van der Waals surface area contributed by atoms with E-state index in [2.05, 4.69) is 9.88 Å². The Labute approximate surface area is 128 Å². The van der Waals surface area contributed by atoms with Gasteiger partial charge in [0.15, 0.2) is 0 Å². The highest BCUT2D eigenvalue weighted by molar-refractivity contribution is 6.30. The summed E-state index contributed by atoms with van der Waals surface area (Å²) in [5, 5.41) is 10.1. The van der Waals surface area contributed by atoms with Crippen molar-refractivity contribution in [3.63, 3.8) is 0 Å². The van der Waals surface area contributed by atoms with E-state index in [-0.39, 0.29) is 5.92 Å². The van der Waals surface area contributed by atoms with Gasteiger partial charge in [0, 0.05) is 50.2 Å². The van der Waals surface area contributed by atoms with Crippen molar-refractivity contribution in [2.75, 3.05) is 26.3 Å². The molecule has 0 aliphatic carbocycles. The molecule has 1 aromatic heterocycles. The first-order valence-electron chi connectivity index (χ1n) is 7.31. The Morgan fingerprint density at radius 1 is 1.33 bits per heavy atom. The lowest BCUT2D eigenvalue weighted by Gasteiger charge is -2.31. The smallest absolute Gasteiger partial charge is 0.308 e. The number of aliphatic carboxylic acids is 1. The number of hydrogen-bond donors (Lipinski definition) is 1. The van der Waals surface area contributed by atoms with Gasteiger partial charge < -0.3 is 9.84 Å². The van der Waals surface area contributed by atoms with E-state index in [1.165, 1.54) is 0 Å². The van der Waals surface area contributed by atoms with E-state index in [9.17, 15) is 9.90 Å². The molecule has 1 aromatic rings. The van der Waals surface area contributed by atoms with Crippen LogP contribution in [0.2, 0.25) is 5.02 Å². The quantitative estimate of drug-likeness (QED) is 0.925. The van der Waals surface area contributed by atoms with Crippen molar-refractivity contribution >= 4 is 17.6 Å². The molecule has 0 saturated carbocycles. The molecule has 3 heterocycles. The lowest BCUT2D eigenvalue weighted by molar-refractivity contribution is -0.141. The van der Waals surface area contributed by atoms with Gasteiger partial charge in [0.25, 0.3) is 0 Å². The second-order valence-corrected chi connectivity index (χ2v) is 6.19. The normalized spacial score (nSPS) is 27.9. The third-order valence-corrected chi connectivity index (χ3v) is 4.73. The van der Waals surface area contributed by atoms with Gasteiger partial charge in [0.1, 0.15) is 0 Å². The Balaban J connectivity index is 1.78. The number of nitrogens with zero attached hydrogens (tertiary/aromatic N) is 2. The lowest BCUT2D eigenvalue weighted by Crippen LogP contribution is -2.38. The second-order valence-electron chi connectivity index (χ2n) is 5.75. The van der Waals surface area contributed by atoms with Crippen molar-refractivity contribution in [3.05, 3.63) is 29.0 Å². The van der Waals surface area contributed by atoms with Gasteiger partial charge in [-0.05, 0) is 25.0 Å². The first kappa shape index (κ1) is 14.8. The van der Waals surface area contributed by atoms with Crippen molar-refractivity contribution in [2.24, 2.45) is 5.92 Å². The van der Waals surface area contributed by atoms with E-state index in [0.717, 1.165) is 38.3 Å². The number of halogens is 1. The van der Waals surface area contributed by atoms with E-state index in [0.29, 0.717) is 17.6 Å². The molecule has 0 unspecified atom stereocenters. The predicted octanol–water partition coefficient (Wildman–Crippen LogP) is 2.01. The Morgan fingerprint density at radius 3 is 2.71 bits per heavy atom. The van der Waals surface area contributed by atoms with E-state index >= 15 is 0 Å². The van der Waals surface area contributed by atoms with Crippen LogP contribution in [0.5, 0.6) is 0 Å². The Kier molecular flexibility index (Phi) is 4.42. The fourth-order valence-electron chi connectivity index (χ4n) is 3.34. The Morgan fingerprint density at radius 2 is 2.10 bits per heavy atom. The number of rotatable bonds is 3. The summed E-state index contributed by atoms with van der Waals surface area (Å²) in [6, 6.07) is 4.05. The molecule has 21 heavy (non-hydrogen) atoms. The Bertz CT molecular complexity index is 502. The van der Waals surface area contributed by atoms with Crippen molar-refractivity contribution in [3.8, 4) is 0 Å². The number of aromatic nitrogens is 1. The van der Waals surface area contributed by atoms with E-state index in [1.807, 2.05) is 6.07 Å². The molecule has 2 saturated heterocycles. The van der Waals surface area contributed by atoms with Crippen LogP contribution in [0.3, 0.4) is 0 Å². The molecule has 6 heteroatoms. The molecule has 0 amide bonds. The summed E-state index contributed by atoms with van der Waals surface area (Å²) in [6.07, 6.45) is 3.55. The molecule has 0 spiro atoms. The van der Waals surface area contributed by atoms with Gasteiger partial charge in [-0.3, -0.25) is 14.7 Å². The highest BCUT2D eigenvalue weighted by atomic mass is 35.5. The van der Waals surface area contributed by atoms with Crippen LogP contribution in [0, 0.1) is 5.92 Å². The van der Waals surface area contributed by atoms with Gasteiger partial charge in [-0.25, -0.2) is 0 Å². The van der Waals surface area contributed by atoms with Gasteiger partial charge in [-0.1, -0.05) is 11.6 Å². The first-order chi connectivity index (χ1) is 10.1. The summed E-state index contributed by atoms with van der Waals surface area (Å²) >= 11 is 5.86. The summed E-state index contributed by atoms with van der Waals surface area (Å²) < 4.78 is 5.39. The minimum Gasteiger partial charge on any atom is -0.481 e. The van der Waals surface area contributed by atoms with Crippen LogP contribution in [-0.2, 0) is 9.53 Å². The largest absolute Gasteiger partial charge is 0.481 e. The van der Waals surface area contributed by atoms with Crippen LogP contribution in [0.1, 0.15) is 24.5 Å². The topological polar surface area (TPSA) is 62.7 Å². The predicted molar refractivity (Wildman–Crippen MR) is 78.5 cm³/mol. The molecule has 0 bridgehead atoms. The molecule has 2 atom stereocenters. The minimum atomic E-state index is -0.744. The summed E-state index contributed by atoms with van der Waals surface area (Å²) in [5.41, 5.74) is 0.821. The number of carboxylic acid groups (broad SMARTS) is 1. The second kappa shape index (κ2) is 6.30. The number of hydrogen-bond acceptors (Lipinski definition) is 4. The maximum Gasteiger partial charge on any atom is 0.308 e. The zero-order chi connectivity index (χ0) is 14.8. The van der Waals surface area contributed by atoms with Gasteiger partial charge in [-0.2, -0.15) is 0 Å². The first-order valence-corrected chi connectivity index (χ1v) is 7.69. The summed E-state index contributed by atoms with van der Waals surface area (Å²) in [5.74, 6) is -1.21. The Hall–Kier alpha value is -1.17. The summed E-state index contributed by atoms with van der Waals surface area (Å²) in [7, 11) is 0. The average Bonchev–Trinajstić information content (AvgIpc) is 2.94. The number of ether oxygens (including phenoxy) is 1. The summed E-state index contributed by atoms with van der Waals surface area (Å²) in [6.45, 7) is 2.87. The van der Waals surface area contributed by atoms with Crippen LogP contribution >= 0.6 is 11.6 Å². The zero-order valence-electron chi connectivity index (χ0n) is 11.7. The molecule has 1 N–H and O–H groups in total. The molecule has 0 radical (unpaired) electrons. The number of pyridine rings is 1. The van der Waals surface area contributed by atoms with Crippen LogP contribution < -0.4 is 0 Å². The van der Waals surface area contributed by atoms with Gasteiger partial charge in [0.05, 0.1) is 10.9 Å². The molecule has 114 valence electrons. The molecule has 2 aliphatic heterocycles. The van der Waals surface area contributed by atoms with Gasteiger partial charge >= 0.3 is 5.97 Å². The van der Waals surface area contributed by atoms with Crippen LogP contribution in [-0.4, -0.2) is 53.3 Å². The van der Waals surface area contributed by atoms with Crippen molar-refractivity contribution in [2.45, 2.75) is 24.8 Å². The van der Waals surface area contributed by atoms with E-state index < -0.39 is 11.9 Å².